The van der Waals surface area contributed by atoms with Gasteiger partial charge in [-0.2, -0.15) is 0 Å². The predicted octanol–water partition coefficient (Wildman–Crippen LogP) is 3.78. The third-order valence-electron chi connectivity index (χ3n) is 3.66. The summed E-state index contributed by atoms with van der Waals surface area (Å²) in [5.74, 6) is -0.672. The zero-order valence-corrected chi connectivity index (χ0v) is 13.3. The molecule has 1 amide bonds. The smallest absolute Gasteiger partial charge is 0.253 e. The van der Waals surface area contributed by atoms with Gasteiger partial charge in [0, 0.05) is 30.9 Å². The van der Waals surface area contributed by atoms with Crippen LogP contribution in [-0.2, 0) is 13.1 Å². The van der Waals surface area contributed by atoms with Crippen molar-refractivity contribution in [3.8, 4) is 0 Å². The fourth-order valence-corrected chi connectivity index (χ4v) is 2.67. The molecule has 0 saturated heterocycles. The second kappa shape index (κ2) is 6.38. The molecule has 0 aliphatic rings. The van der Waals surface area contributed by atoms with E-state index < -0.39 is 5.82 Å². The van der Waals surface area contributed by atoms with Crippen LogP contribution in [0.5, 0.6) is 0 Å². The van der Waals surface area contributed by atoms with Crippen LogP contribution in [0.2, 0.25) is 5.02 Å². The molecule has 3 aromatic rings. The minimum atomic E-state index is -0.473. The Kier molecular flexibility index (Phi) is 4.30. The first-order valence-corrected chi connectivity index (χ1v) is 7.64. The molecular weight excluding hydrogens is 317 g/mol. The van der Waals surface area contributed by atoms with Crippen molar-refractivity contribution in [1.82, 2.24) is 14.9 Å². The number of pyridine rings is 1. The Morgan fingerprint density at radius 1 is 1.39 bits per heavy atom. The first-order valence-electron chi connectivity index (χ1n) is 7.26. The summed E-state index contributed by atoms with van der Waals surface area (Å²) in [6, 6.07) is 8.07. The highest BCUT2D eigenvalue weighted by atomic mass is 35.5. The van der Waals surface area contributed by atoms with E-state index in [1.807, 2.05) is 17.6 Å². The van der Waals surface area contributed by atoms with Crippen molar-refractivity contribution in [2.75, 3.05) is 0 Å². The van der Waals surface area contributed by atoms with Crippen molar-refractivity contribution in [1.29, 1.82) is 0 Å². The lowest BCUT2D eigenvalue weighted by molar-refractivity contribution is 0.0952. The molecule has 1 N–H and O–H groups in total. The average Bonchev–Trinajstić information content (AvgIpc) is 2.94. The van der Waals surface area contributed by atoms with Crippen LogP contribution in [0.25, 0.3) is 11.0 Å². The number of halogens is 2. The third kappa shape index (κ3) is 3.05. The standard InChI is InChI=1S/C17H15ClFN3O/c1-2-22-10-13(12-4-3-7-20-16(12)22)17(23)21-9-11-5-6-15(19)14(18)8-11/h3-8,10H,2,9H2,1H3,(H,21,23). The van der Waals surface area contributed by atoms with E-state index in [4.69, 9.17) is 11.6 Å². The minimum absolute atomic E-state index is 0.0449. The van der Waals surface area contributed by atoms with E-state index in [0.717, 1.165) is 23.1 Å². The van der Waals surface area contributed by atoms with E-state index in [-0.39, 0.29) is 17.5 Å². The number of nitrogens with one attached hydrogen (secondary N) is 1. The van der Waals surface area contributed by atoms with Gasteiger partial charge in [-0.05, 0) is 36.8 Å². The van der Waals surface area contributed by atoms with E-state index >= 15 is 0 Å². The second-order valence-electron chi connectivity index (χ2n) is 5.13. The quantitative estimate of drug-likeness (QED) is 0.791. The summed E-state index contributed by atoms with van der Waals surface area (Å²) in [5.41, 5.74) is 2.09. The Bertz CT molecular complexity index is 875. The van der Waals surface area contributed by atoms with Gasteiger partial charge in [-0.1, -0.05) is 17.7 Å². The van der Waals surface area contributed by atoms with Crippen molar-refractivity contribution in [3.63, 3.8) is 0 Å². The van der Waals surface area contributed by atoms with Gasteiger partial charge in [0.05, 0.1) is 10.6 Å². The van der Waals surface area contributed by atoms with Crippen LogP contribution >= 0.6 is 11.6 Å². The molecule has 0 saturated carbocycles. The maximum absolute atomic E-state index is 13.1. The van der Waals surface area contributed by atoms with Crippen molar-refractivity contribution < 1.29 is 9.18 Å². The molecule has 2 aromatic heterocycles. The highest BCUT2D eigenvalue weighted by molar-refractivity contribution is 6.30. The number of amides is 1. The number of aromatic nitrogens is 2. The molecule has 0 bridgehead atoms. The maximum atomic E-state index is 13.1. The molecule has 118 valence electrons. The van der Waals surface area contributed by atoms with Gasteiger partial charge in [0.1, 0.15) is 11.5 Å². The lowest BCUT2D eigenvalue weighted by Crippen LogP contribution is -2.22. The molecule has 3 rings (SSSR count). The number of hydrogen-bond acceptors (Lipinski definition) is 2. The fourth-order valence-electron chi connectivity index (χ4n) is 2.47. The number of fused-ring (bicyclic) bond motifs is 1. The van der Waals surface area contributed by atoms with Crippen LogP contribution < -0.4 is 5.32 Å². The highest BCUT2D eigenvalue weighted by Crippen LogP contribution is 2.20. The number of carbonyl (C=O) groups is 1. The van der Waals surface area contributed by atoms with Crippen molar-refractivity contribution in [2.24, 2.45) is 0 Å². The number of hydrogen-bond donors (Lipinski definition) is 1. The molecule has 0 aliphatic carbocycles. The summed E-state index contributed by atoms with van der Waals surface area (Å²) in [5, 5.41) is 3.68. The summed E-state index contributed by atoms with van der Waals surface area (Å²) in [6.07, 6.45) is 3.50. The Morgan fingerprint density at radius 3 is 2.96 bits per heavy atom. The summed E-state index contributed by atoms with van der Waals surface area (Å²) >= 11 is 5.75. The molecule has 0 atom stereocenters. The molecule has 4 nitrogen and oxygen atoms in total. The molecule has 0 unspecified atom stereocenters. The van der Waals surface area contributed by atoms with Crippen molar-refractivity contribution in [2.45, 2.75) is 20.0 Å². The highest BCUT2D eigenvalue weighted by Gasteiger charge is 2.15. The van der Waals surface area contributed by atoms with Gasteiger partial charge in [-0.3, -0.25) is 4.79 Å². The second-order valence-corrected chi connectivity index (χ2v) is 5.54. The summed E-state index contributed by atoms with van der Waals surface area (Å²) in [4.78, 5) is 16.8. The van der Waals surface area contributed by atoms with Gasteiger partial charge in [-0.25, -0.2) is 9.37 Å². The van der Waals surface area contributed by atoms with Crippen LogP contribution in [-0.4, -0.2) is 15.5 Å². The molecule has 2 heterocycles. The number of carbonyl (C=O) groups excluding carboxylic acids is 1. The number of nitrogens with zero attached hydrogens (tertiary/aromatic N) is 2. The normalized spacial score (nSPS) is 10.9. The number of benzene rings is 1. The molecular formula is C17H15ClFN3O. The lowest BCUT2D eigenvalue weighted by atomic mass is 10.2. The molecule has 0 aliphatic heterocycles. The Morgan fingerprint density at radius 2 is 2.22 bits per heavy atom. The average molecular weight is 332 g/mol. The SMILES string of the molecule is CCn1cc(C(=O)NCc2ccc(F)c(Cl)c2)c2cccnc21. The van der Waals surface area contributed by atoms with Crippen LogP contribution in [0.3, 0.4) is 0 Å². The maximum Gasteiger partial charge on any atom is 0.253 e. The van der Waals surface area contributed by atoms with E-state index in [2.05, 4.69) is 10.3 Å². The van der Waals surface area contributed by atoms with Gasteiger partial charge in [0.25, 0.3) is 5.91 Å². The summed E-state index contributed by atoms with van der Waals surface area (Å²) in [7, 11) is 0. The largest absolute Gasteiger partial charge is 0.348 e. The monoisotopic (exact) mass is 331 g/mol. The molecule has 0 spiro atoms. The lowest BCUT2D eigenvalue weighted by Gasteiger charge is -2.05. The van der Waals surface area contributed by atoms with E-state index in [9.17, 15) is 9.18 Å². The van der Waals surface area contributed by atoms with E-state index in [1.165, 1.54) is 12.1 Å². The minimum Gasteiger partial charge on any atom is -0.348 e. The van der Waals surface area contributed by atoms with Crippen LogP contribution in [0.15, 0.2) is 42.7 Å². The molecule has 23 heavy (non-hydrogen) atoms. The molecule has 6 heteroatoms. The van der Waals surface area contributed by atoms with Gasteiger partial charge in [0.2, 0.25) is 0 Å². The third-order valence-corrected chi connectivity index (χ3v) is 3.95. The Labute approximate surface area is 137 Å². The summed E-state index contributed by atoms with van der Waals surface area (Å²) in [6.45, 7) is 3.00. The van der Waals surface area contributed by atoms with Gasteiger partial charge in [-0.15, -0.1) is 0 Å². The fraction of sp³-hybridized carbons (Fsp3) is 0.176. The molecule has 0 fully saturated rings. The van der Waals surface area contributed by atoms with Gasteiger partial charge >= 0.3 is 0 Å². The molecule has 1 aromatic carbocycles. The predicted molar refractivity (Wildman–Crippen MR) is 88.0 cm³/mol. The summed E-state index contributed by atoms with van der Waals surface area (Å²) < 4.78 is 15.1. The van der Waals surface area contributed by atoms with Crippen LogP contribution in [0.4, 0.5) is 4.39 Å². The first kappa shape index (κ1) is 15.5. The topological polar surface area (TPSA) is 46.9 Å². The molecule has 0 radical (unpaired) electrons. The zero-order chi connectivity index (χ0) is 16.4. The zero-order valence-electron chi connectivity index (χ0n) is 12.5. The van der Waals surface area contributed by atoms with Gasteiger partial charge < -0.3 is 9.88 Å². The van der Waals surface area contributed by atoms with E-state index in [1.54, 1.807) is 24.5 Å². The Balaban J connectivity index is 1.82. The van der Waals surface area contributed by atoms with Crippen molar-refractivity contribution >= 4 is 28.5 Å². The van der Waals surface area contributed by atoms with Crippen molar-refractivity contribution in [3.05, 3.63) is 64.7 Å². The number of aryl methyl sites for hydroxylation is 1. The first-order chi connectivity index (χ1) is 11.1. The van der Waals surface area contributed by atoms with Crippen LogP contribution in [0.1, 0.15) is 22.8 Å². The van der Waals surface area contributed by atoms with Crippen LogP contribution in [0, 0.1) is 5.82 Å². The van der Waals surface area contributed by atoms with Gasteiger partial charge in [0.15, 0.2) is 0 Å². The Hall–Kier alpha value is -2.40. The number of rotatable bonds is 4. The van der Waals surface area contributed by atoms with E-state index in [0.29, 0.717) is 5.56 Å².